The van der Waals surface area contributed by atoms with Crippen LogP contribution in [0.2, 0.25) is 5.02 Å². The second kappa shape index (κ2) is 5.91. The second-order valence-electron chi connectivity index (χ2n) is 4.01. The van der Waals surface area contributed by atoms with Gasteiger partial charge in [-0.1, -0.05) is 31.9 Å². The van der Waals surface area contributed by atoms with E-state index >= 15 is 0 Å². The van der Waals surface area contributed by atoms with Gasteiger partial charge in [0.2, 0.25) is 0 Å². The van der Waals surface area contributed by atoms with Crippen LogP contribution >= 0.6 is 11.6 Å². The third-order valence-corrected chi connectivity index (χ3v) is 2.78. The molecule has 0 fully saturated rings. The van der Waals surface area contributed by atoms with Gasteiger partial charge >= 0.3 is 0 Å². The molecular formula is C11H18ClN3. The third kappa shape index (κ3) is 4.04. The zero-order chi connectivity index (χ0) is 11.3. The molecule has 0 saturated heterocycles. The molecule has 2 unspecified atom stereocenters. The number of halogens is 1. The van der Waals surface area contributed by atoms with Gasteiger partial charge in [0.05, 0.1) is 6.20 Å². The first-order valence-electron chi connectivity index (χ1n) is 5.35. The number of rotatable bonds is 5. The fourth-order valence-electron chi connectivity index (χ4n) is 1.48. The summed E-state index contributed by atoms with van der Waals surface area (Å²) in [5.74, 6) is 1.44. The van der Waals surface area contributed by atoms with E-state index in [0.717, 1.165) is 12.2 Å². The molecule has 84 valence electrons. The van der Waals surface area contributed by atoms with Crippen molar-refractivity contribution in [2.45, 2.75) is 39.7 Å². The van der Waals surface area contributed by atoms with E-state index < -0.39 is 0 Å². The quantitative estimate of drug-likeness (QED) is 0.838. The van der Waals surface area contributed by atoms with E-state index in [1.165, 1.54) is 12.7 Å². The average Bonchev–Trinajstić information content (AvgIpc) is 2.21. The minimum absolute atomic E-state index is 0.382. The van der Waals surface area contributed by atoms with Gasteiger partial charge in [-0.25, -0.2) is 9.97 Å². The van der Waals surface area contributed by atoms with Crippen molar-refractivity contribution in [3.05, 3.63) is 17.5 Å². The Labute approximate surface area is 96.3 Å². The Morgan fingerprint density at radius 1 is 1.47 bits per heavy atom. The number of anilines is 1. The monoisotopic (exact) mass is 227 g/mol. The van der Waals surface area contributed by atoms with Crippen LogP contribution in [0.25, 0.3) is 0 Å². The summed E-state index contributed by atoms with van der Waals surface area (Å²) in [5, 5.41) is 3.87. The predicted octanol–water partition coefficient (Wildman–Crippen LogP) is 3.37. The van der Waals surface area contributed by atoms with Crippen LogP contribution in [0.15, 0.2) is 12.5 Å². The zero-order valence-corrected chi connectivity index (χ0v) is 10.3. The molecule has 2 atom stereocenters. The van der Waals surface area contributed by atoms with Crippen LogP contribution in [0, 0.1) is 5.92 Å². The van der Waals surface area contributed by atoms with Crippen molar-refractivity contribution < 1.29 is 0 Å². The van der Waals surface area contributed by atoms with Crippen LogP contribution in [0.4, 0.5) is 5.82 Å². The highest BCUT2D eigenvalue weighted by atomic mass is 35.5. The minimum atomic E-state index is 0.382. The Hall–Kier alpha value is -0.830. The summed E-state index contributed by atoms with van der Waals surface area (Å²) in [5.41, 5.74) is 0. The molecule has 0 radical (unpaired) electrons. The van der Waals surface area contributed by atoms with Gasteiger partial charge in [0, 0.05) is 6.04 Å². The summed E-state index contributed by atoms with van der Waals surface area (Å²) >= 11 is 5.95. The first kappa shape index (κ1) is 12.2. The van der Waals surface area contributed by atoms with E-state index in [-0.39, 0.29) is 0 Å². The first-order valence-corrected chi connectivity index (χ1v) is 5.73. The van der Waals surface area contributed by atoms with Crippen molar-refractivity contribution in [2.24, 2.45) is 5.92 Å². The Bertz CT molecular complexity index is 304. The summed E-state index contributed by atoms with van der Waals surface area (Å²) in [6, 6.07) is 0.382. The van der Waals surface area contributed by atoms with Gasteiger partial charge in [-0.15, -0.1) is 0 Å². The highest BCUT2D eigenvalue weighted by molar-refractivity contribution is 6.32. The van der Waals surface area contributed by atoms with Gasteiger partial charge in [0.15, 0.2) is 0 Å². The summed E-state index contributed by atoms with van der Waals surface area (Å²) in [6.07, 6.45) is 5.43. The topological polar surface area (TPSA) is 37.8 Å². The lowest BCUT2D eigenvalue weighted by molar-refractivity contribution is 0.483. The molecule has 1 aromatic heterocycles. The van der Waals surface area contributed by atoms with Gasteiger partial charge in [0.25, 0.3) is 0 Å². The maximum Gasteiger partial charge on any atom is 0.148 e. The highest BCUT2D eigenvalue weighted by Gasteiger charge is 2.09. The Morgan fingerprint density at radius 2 is 2.20 bits per heavy atom. The van der Waals surface area contributed by atoms with Crippen LogP contribution in [0.1, 0.15) is 33.6 Å². The highest BCUT2D eigenvalue weighted by Crippen LogP contribution is 2.19. The number of hydrogen-bond donors (Lipinski definition) is 1. The van der Waals surface area contributed by atoms with Crippen LogP contribution in [0.5, 0.6) is 0 Å². The van der Waals surface area contributed by atoms with Crippen molar-refractivity contribution in [2.75, 3.05) is 5.32 Å². The first-order chi connectivity index (χ1) is 7.13. The maximum absolute atomic E-state index is 5.95. The number of hydrogen-bond acceptors (Lipinski definition) is 3. The van der Waals surface area contributed by atoms with Crippen LogP contribution in [-0.2, 0) is 0 Å². The van der Waals surface area contributed by atoms with Gasteiger partial charge < -0.3 is 5.32 Å². The largest absolute Gasteiger partial charge is 0.366 e. The average molecular weight is 228 g/mol. The summed E-state index contributed by atoms with van der Waals surface area (Å²) in [7, 11) is 0. The standard InChI is InChI=1S/C11H18ClN3/c1-4-8(2)5-9(3)15-11-10(12)6-13-7-14-11/h6-9H,4-5H2,1-3H3,(H,13,14,15). The molecule has 1 aromatic rings. The molecule has 0 aliphatic rings. The van der Waals surface area contributed by atoms with Crippen molar-refractivity contribution >= 4 is 17.4 Å². The molecule has 1 N–H and O–H groups in total. The molecule has 0 amide bonds. The second-order valence-corrected chi connectivity index (χ2v) is 4.42. The molecule has 0 aromatic carbocycles. The fraction of sp³-hybridized carbons (Fsp3) is 0.636. The van der Waals surface area contributed by atoms with E-state index in [2.05, 4.69) is 36.1 Å². The number of nitrogens with one attached hydrogen (secondary N) is 1. The molecule has 1 rings (SSSR count). The van der Waals surface area contributed by atoms with Crippen LogP contribution in [-0.4, -0.2) is 16.0 Å². The van der Waals surface area contributed by atoms with Crippen molar-refractivity contribution in [1.29, 1.82) is 0 Å². The molecule has 0 saturated carbocycles. The Balaban J connectivity index is 2.51. The van der Waals surface area contributed by atoms with E-state index in [1.54, 1.807) is 6.20 Å². The van der Waals surface area contributed by atoms with Gasteiger partial charge in [-0.05, 0) is 19.3 Å². The molecule has 0 bridgehead atoms. The predicted molar refractivity (Wildman–Crippen MR) is 64.2 cm³/mol. The fourth-order valence-corrected chi connectivity index (χ4v) is 1.64. The van der Waals surface area contributed by atoms with Gasteiger partial charge in [-0.3, -0.25) is 0 Å². The Morgan fingerprint density at radius 3 is 2.80 bits per heavy atom. The zero-order valence-electron chi connectivity index (χ0n) is 9.50. The van der Waals surface area contributed by atoms with Crippen molar-refractivity contribution in [1.82, 2.24) is 9.97 Å². The minimum Gasteiger partial charge on any atom is -0.366 e. The summed E-state index contributed by atoms with van der Waals surface area (Å²) in [4.78, 5) is 7.94. The van der Waals surface area contributed by atoms with Gasteiger partial charge in [0.1, 0.15) is 17.2 Å². The lowest BCUT2D eigenvalue weighted by atomic mass is 10.0. The summed E-state index contributed by atoms with van der Waals surface area (Å²) < 4.78 is 0. The normalized spacial score (nSPS) is 14.7. The molecule has 1 heterocycles. The molecule has 0 aliphatic carbocycles. The molecule has 4 heteroatoms. The van der Waals surface area contributed by atoms with Gasteiger partial charge in [-0.2, -0.15) is 0 Å². The lowest BCUT2D eigenvalue weighted by Gasteiger charge is -2.18. The van der Waals surface area contributed by atoms with E-state index in [9.17, 15) is 0 Å². The smallest absolute Gasteiger partial charge is 0.148 e. The van der Waals surface area contributed by atoms with Crippen molar-refractivity contribution in [3.63, 3.8) is 0 Å². The van der Waals surface area contributed by atoms with E-state index in [1.807, 2.05) is 0 Å². The van der Waals surface area contributed by atoms with Crippen LogP contribution in [0.3, 0.4) is 0 Å². The van der Waals surface area contributed by atoms with E-state index in [4.69, 9.17) is 11.6 Å². The molecule has 3 nitrogen and oxygen atoms in total. The van der Waals surface area contributed by atoms with Crippen molar-refractivity contribution in [3.8, 4) is 0 Å². The third-order valence-electron chi connectivity index (χ3n) is 2.50. The molecular weight excluding hydrogens is 210 g/mol. The maximum atomic E-state index is 5.95. The van der Waals surface area contributed by atoms with E-state index in [0.29, 0.717) is 17.0 Å². The Kier molecular flexibility index (Phi) is 4.82. The lowest BCUT2D eigenvalue weighted by Crippen LogP contribution is -2.19. The number of aromatic nitrogens is 2. The summed E-state index contributed by atoms with van der Waals surface area (Å²) in [6.45, 7) is 6.60. The molecule has 0 aliphatic heterocycles. The molecule has 15 heavy (non-hydrogen) atoms. The number of nitrogens with zero attached hydrogens (tertiary/aromatic N) is 2. The SMILES string of the molecule is CCC(C)CC(C)Nc1ncncc1Cl. The van der Waals surface area contributed by atoms with Crippen LogP contribution < -0.4 is 5.32 Å². The molecule has 0 spiro atoms.